The fourth-order valence-electron chi connectivity index (χ4n) is 3.96. The Bertz CT molecular complexity index is 440. The van der Waals surface area contributed by atoms with Crippen LogP contribution in [0, 0.1) is 19.8 Å². The number of benzene rings is 1. The molecule has 2 rings (SSSR count). The predicted molar refractivity (Wildman–Crippen MR) is 89.7 cm³/mol. The van der Waals surface area contributed by atoms with Crippen LogP contribution >= 0.6 is 0 Å². The van der Waals surface area contributed by atoms with Crippen molar-refractivity contribution in [3.05, 3.63) is 34.9 Å². The molecule has 0 amide bonds. The average Bonchev–Trinajstić information content (AvgIpc) is 2.42. The van der Waals surface area contributed by atoms with E-state index >= 15 is 0 Å². The SMILES string of the molecule is CCOC1(C(NC)c2cc(C)cc(C)c2)CCC(C)CC1. The summed E-state index contributed by atoms with van der Waals surface area (Å²) in [6.07, 6.45) is 4.84. The lowest BCUT2D eigenvalue weighted by Gasteiger charge is -2.45. The summed E-state index contributed by atoms with van der Waals surface area (Å²) in [4.78, 5) is 0. The smallest absolute Gasteiger partial charge is 0.0876 e. The van der Waals surface area contributed by atoms with Crippen LogP contribution in [0.2, 0.25) is 0 Å². The van der Waals surface area contributed by atoms with E-state index in [1.54, 1.807) is 0 Å². The first-order valence-electron chi connectivity index (χ1n) is 8.40. The Balaban J connectivity index is 2.35. The molecule has 0 heterocycles. The minimum Gasteiger partial charge on any atom is -0.373 e. The maximum atomic E-state index is 6.34. The molecule has 0 bridgehead atoms. The Hall–Kier alpha value is -0.860. The van der Waals surface area contributed by atoms with Crippen molar-refractivity contribution in [3.8, 4) is 0 Å². The maximum Gasteiger partial charge on any atom is 0.0876 e. The summed E-state index contributed by atoms with van der Waals surface area (Å²) in [6.45, 7) is 9.63. The molecule has 1 aliphatic rings. The third-order valence-electron chi connectivity index (χ3n) is 4.94. The van der Waals surface area contributed by atoms with Gasteiger partial charge in [0.15, 0.2) is 0 Å². The van der Waals surface area contributed by atoms with Crippen LogP contribution in [0.5, 0.6) is 0 Å². The van der Waals surface area contributed by atoms with Gasteiger partial charge in [-0.15, -0.1) is 0 Å². The van der Waals surface area contributed by atoms with Gasteiger partial charge in [-0.25, -0.2) is 0 Å². The van der Waals surface area contributed by atoms with Crippen molar-refractivity contribution in [2.45, 2.75) is 65.0 Å². The van der Waals surface area contributed by atoms with Gasteiger partial charge in [0.05, 0.1) is 11.6 Å². The van der Waals surface area contributed by atoms with E-state index in [0.717, 1.165) is 25.4 Å². The Morgan fingerprint density at radius 1 is 1.19 bits per heavy atom. The van der Waals surface area contributed by atoms with E-state index in [0.29, 0.717) is 0 Å². The summed E-state index contributed by atoms with van der Waals surface area (Å²) in [7, 11) is 2.07. The van der Waals surface area contributed by atoms with Gasteiger partial charge in [0, 0.05) is 6.61 Å². The molecule has 0 aliphatic heterocycles. The zero-order chi connectivity index (χ0) is 15.5. The van der Waals surface area contributed by atoms with Crippen molar-refractivity contribution in [1.29, 1.82) is 0 Å². The van der Waals surface area contributed by atoms with Crippen LogP contribution in [0.15, 0.2) is 18.2 Å². The Morgan fingerprint density at radius 2 is 1.76 bits per heavy atom. The Labute approximate surface area is 130 Å². The fourth-order valence-corrected chi connectivity index (χ4v) is 3.96. The molecule has 0 aromatic heterocycles. The monoisotopic (exact) mass is 289 g/mol. The minimum absolute atomic E-state index is 0.0454. The molecule has 118 valence electrons. The molecule has 2 heteroatoms. The molecule has 1 fully saturated rings. The van der Waals surface area contributed by atoms with Gasteiger partial charge in [0.25, 0.3) is 0 Å². The number of hydrogen-bond donors (Lipinski definition) is 1. The van der Waals surface area contributed by atoms with E-state index in [2.05, 4.69) is 58.3 Å². The first-order valence-corrected chi connectivity index (χ1v) is 8.40. The molecule has 0 spiro atoms. The largest absolute Gasteiger partial charge is 0.373 e. The number of nitrogens with one attached hydrogen (secondary N) is 1. The van der Waals surface area contributed by atoms with Crippen molar-refractivity contribution in [1.82, 2.24) is 5.32 Å². The maximum absolute atomic E-state index is 6.34. The molecular formula is C19H31NO. The standard InChI is InChI=1S/C19H31NO/c1-6-21-19(9-7-14(2)8-10-19)18(20-5)17-12-15(3)11-16(4)13-17/h11-14,18,20H,6-10H2,1-5H3. The van der Waals surface area contributed by atoms with Gasteiger partial charge in [-0.3, -0.25) is 0 Å². The predicted octanol–water partition coefficient (Wildman–Crippen LogP) is 4.55. The van der Waals surface area contributed by atoms with Crippen molar-refractivity contribution in [2.24, 2.45) is 5.92 Å². The summed E-state index contributed by atoms with van der Waals surface area (Å²) >= 11 is 0. The summed E-state index contributed by atoms with van der Waals surface area (Å²) in [5.74, 6) is 0.829. The lowest BCUT2D eigenvalue weighted by atomic mass is 9.73. The second-order valence-electron chi connectivity index (χ2n) is 6.82. The lowest BCUT2D eigenvalue weighted by molar-refractivity contribution is -0.0962. The van der Waals surface area contributed by atoms with Crippen molar-refractivity contribution in [2.75, 3.05) is 13.7 Å². The minimum atomic E-state index is -0.0454. The highest BCUT2D eigenvalue weighted by Crippen LogP contribution is 2.43. The van der Waals surface area contributed by atoms with Gasteiger partial charge < -0.3 is 10.1 Å². The lowest BCUT2D eigenvalue weighted by Crippen LogP contribution is -2.47. The number of hydrogen-bond acceptors (Lipinski definition) is 2. The number of likely N-dealkylation sites (N-methyl/N-ethyl adjacent to an activating group) is 1. The molecule has 0 radical (unpaired) electrons. The average molecular weight is 289 g/mol. The van der Waals surface area contributed by atoms with E-state index in [-0.39, 0.29) is 11.6 Å². The zero-order valence-corrected chi connectivity index (χ0v) is 14.3. The van der Waals surface area contributed by atoms with E-state index in [1.165, 1.54) is 29.5 Å². The topological polar surface area (TPSA) is 21.3 Å². The molecule has 1 atom stereocenters. The van der Waals surface area contributed by atoms with Crippen LogP contribution in [-0.2, 0) is 4.74 Å². The molecule has 1 aromatic carbocycles. The summed E-state index contributed by atoms with van der Waals surface area (Å²) in [5.41, 5.74) is 4.00. The highest BCUT2D eigenvalue weighted by molar-refractivity contribution is 5.32. The van der Waals surface area contributed by atoms with Gasteiger partial charge in [-0.1, -0.05) is 36.2 Å². The van der Waals surface area contributed by atoms with Crippen LogP contribution in [0.25, 0.3) is 0 Å². The van der Waals surface area contributed by atoms with E-state index in [9.17, 15) is 0 Å². The summed E-state index contributed by atoms with van der Waals surface area (Å²) < 4.78 is 6.34. The second kappa shape index (κ2) is 6.93. The zero-order valence-electron chi connectivity index (χ0n) is 14.3. The van der Waals surface area contributed by atoms with Gasteiger partial charge in [-0.05, 0) is 65.0 Å². The van der Waals surface area contributed by atoms with Crippen LogP contribution in [0.1, 0.15) is 62.3 Å². The molecule has 0 saturated heterocycles. The molecule has 1 aliphatic carbocycles. The van der Waals surface area contributed by atoms with Crippen LogP contribution in [0.3, 0.4) is 0 Å². The Kier molecular flexibility index (Phi) is 5.45. The molecule has 1 N–H and O–H groups in total. The second-order valence-corrected chi connectivity index (χ2v) is 6.82. The molecule has 1 saturated carbocycles. The quantitative estimate of drug-likeness (QED) is 0.858. The normalized spacial score (nSPS) is 27.6. The molecule has 1 aromatic rings. The van der Waals surface area contributed by atoms with Gasteiger partial charge in [0.2, 0.25) is 0 Å². The highest BCUT2D eigenvalue weighted by Gasteiger charge is 2.42. The van der Waals surface area contributed by atoms with Crippen LogP contribution in [0.4, 0.5) is 0 Å². The fraction of sp³-hybridized carbons (Fsp3) is 0.684. The molecule has 21 heavy (non-hydrogen) atoms. The van der Waals surface area contributed by atoms with Gasteiger partial charge in [0.1, 0.15) is 0 Å². The third-order valence-corrected chi connectivity index (χ3v) is 4.94. The molecule has 2 nitrogen and oxygen atoms in total. The van der Waals surface area contributed by atoms with Crippen molar-refractivity contribution >= 4 is 0 Å². The van der Waals surface area contributed by atoms with Crippen LogP contribution in [-0.4, -0.2) is 19.3 Å². The van der Waals surface area contributed by atoms with Gasteiger partial charge >= 0.3 is 0 Å². The number of ether oxygens (including phenoxy) is 1. The molecule has 1 unspecified atom stereocenters. The van der Waals surface area contributed by atoms with E-state index < -0.39 is 0 Å². The summed E-state index contributed by atoms with van der Waals surface area (Å²) in [5, 5.41) is 3.56. The molecular weight excluding hydrogens is 258 g/mol. The van der Waals surface area contributed by atoms with Crippen LogP contribution < -0.4 is 5.32 Å². The number of rotatable bonds is 5. The Morgan fingerprint density at radius 3 is 2.24 bits per heavy atom. The van der Waals surface area contributed by atoms with Crippen molar-refractivity contribution < 1.29 is 4.74 Å². The highest BCUT2D eigenvalue weighted by atomic mass is 16.5. The number of aryl methyl sites for hydroxylation is 2. The van der Waals surface area contributed by atoms with E-state index in [4.69, 9.17) is 4.74 Å². The first kappa shape index (κ1) is 16.5. The van der Waals surface area contributed by atoms with Gasteiger partial charge in [-0.2, -0.15) is 0 Å². The van der Waals surface area contributed by atoms with Crippen molar-refractivity contribution in [3.63, 3.8) is 0 Å². The summed E-state index contributed by atoms with van der Waals surface area (Å²) in [6, 6.07) is 7.15. The van der Waals surface area contributed by atoms with E-state index in [1.807, 2.05) is 0 Å². The first-order chi connectivity index (χ1) is 10.0. The third kappa shape index (κ3) is 3.67.